The van der Waals surface area contributed by atoms with Crippen molar-refractivity contribution in [2.45, 2.75) is 0 Å². The van der Waals surface area contributed by atoms with Gasteiger partial charge >= 0.3 is 0 Å². The van der Waals surface area contributed by atoms with Crippen LogP contribution in [-0.2, 0) is 0 Å². The van der Waals surface area contributed by atoms with E-state index in [1.165, 1.54) is 0 Å². The van der Waals surface area contributed by atoms with Gasteiger partial charge in [0, 0.05) is 0 Å². The molecule has 0 fully saturated rings. The minimum atomic E-state index is 0.572. The van der Waals surface area contributed by atoms with Gasteiger partial charge in [0.1, 0.15) is 5.75 Å². The Bertz CT molecular complexity index is 249. The molecule has 0 aliphatic rings. The summed E-state index contributed by atoms with van der Waals surface area (Å²) >= 11 is 0. The Hall–Kier alpha value is -1.42. The normalized spacial score (nSPS) is 9.27. The number of methoxy groups -OCH3 is 1. The largest absolute Gasteiger partial charge is 0.495 e. The number of anilines is 2. The molecule has 4 heteroatoms. The van der Waals surface area contributed by atoms with Gasteiger partial charge in [-0.1, -0.05) is 0 Å². The van der Waals surface area contributed by atoms with Crippen LogP contribution in [-0.4, -0.2) is 7.11 Å². The molecule has 0 saturated heterocycles. The number of hydrogen-bond donors (Lipinski definition) is 3. The highest BCUT2D eigenvalue weighted by Crippen LogP contribution is 2.23. The van der Waals surface area contributed by atoms with Gasteiger partial charge in [0.2, 0.25) is 0 Å². The maximum atomic E-state index is 5.59. The molecule has 1 rings (SSSR count). The highest BCUT2D eigenvalue weighted by atomic mass is 16.5. The van der Waals surface area contributed by atoms with Crippen LogP contribution in [0.3, 0.4) is 0 Å². The molecular weight excluding hydrogens is 142 g/mol. The van der Waals surface area contributed by atoms with Gasteiger partial charge < -0.3 is 15.9 Å². The zero-order chi connectivity index (χ0) is 8.27. The fourth-order valence-electron chi connectivity index (χ4n) is 0.824. The number of hydrogen-bond acceptors (Lipinski definition) is 4. The second-order valence-electron chi connectivity index (χ2n) is 2.10. The van der Waals surface area contributed by atoms with Crippen molar-refractivity contribution in [1.29, 1.82) is 0 Å². The summed E-state index contributed by atoms with van der Waals surface area (Å²) in [6.07, 6.45) is 0. The van der Waals surface area contributed by atoms with Gasteiger partial charge in [-0.2, -0.15) is 0 Å². The van der Waals surface area contributed by atoms with Crippen LogP contribution >= 0.6 is 0 Å². The van der Waals surface area contributed by atoms with Gasteiger partial charge in [-0.05, 0) is 18.2 Å². The molecule has 1 aromatic rings. The quantitative estimate of drug-likeness (QED) is 0.330. The molecule has 0 unspecified atom stereocenters. The Morgan fingerprint density at radius 2 is 2.18 bits per heavy atom. The minimum Gasteiger partial charge on any atom is -0.495 e. The molecule has 0 saturated carbocycles. The number of nitrogen functional groups attached to an aromatic ring is 2. The molecule has 11 heavy (non-hydrogen) atoms. The number of rotatable bonds is 2. The zero-order valence-electron chi connectivity index (χ0n) is 6.29. The van der Waals surface area contributed by atoms with Gasteiger partial charge in [-0.25, -0.2) is 0 Å². The Morgan fingerprint density at radius 1 is 1.45 bits per heavy atom. The van der Waals surface area contributed by atoms with Crippen LogP contribution in [0.4, 0.5) is 11.4 Å². The average Bonchev–Trinajstić information content (AvgIpc) is 2.04. The summed E-state index contributed by atoms with van der Waals surface area (Å²) in [5, 5.41) is 0. The average molecular weight is 153 g/mol. The first-order valence-corrected chi connectivity index (χ1v) is 3.18. The molecule has 0 heterocycles. The van der Waals surface area contributed by atoms with Crippen molar-refractivity contribution in [2.24, 2.45) is 5.84 Å². The Morgan fingerprint density at radius 3 is 2.64 bits per heavy atom. The SMILES string of the molecule is COc1ccc(NN)cc1N. The molecule has 0 amide bonds. The van der Waals surface area contributed by atoms with E-state index in [0.29, 0.717) is 11.4 Å². The van der Waals surface area contributed by atoms with Crippen molar-refractivity contribution in [3.63, 3.8) is 0 Å². The van der Waals surface area contributed by atoms with Crippen molar-refractivity contribution in [1.82, 2.24) is 0 Å². The Kier molecular flexibility index (Phi) is 2.18. The highest BCUT2D eigenvalue weighted by molar-refractivity contribution is 5.61. The van der Waals surface area contributed by atoms with Crippen LogP contribution in [0, 0.1) is 0 Å². The fraction of sp³-hybridized carbons (Fsp3) is 0.143. The molecule has 0 aliphatic carbocycles. The lowest BCUT2D eigenvalue weighted by Gasteiger charge is -2.05. The maximum absolute atomic E-state index is 5.59. The van der Waals surface area contributed by atoms with Gasteiger partial charge in [0.15, 0.2) is 0 Å². The van der Waals surface area contributed by atoms with Crippen molar-refractivity contribution in [3.05, 3.63) is 18.2 Å². The van der Waals surface area contributed by atoms with Gasteiger partial charge in [0.25, 0.3) is 0 Å². The van der Waals surface area contributed by atoms with Crippen molar-refractivity contribution >= 4 is 11.4 Å². The molecular formula is C7H11N3O. The predicted octanol–water partition coefficient (Wildman–Crippen LogP) is 0.563. The van der Waals surface area contributed by atoms with E-state index in [0.717, 1.165) is 5.69 Å². The number of nitrogens with one attached hydrogen (secondary N) is 1. The van der Waals surface area contributed by atoms with E-state index in [1.807, 2.05) is 0 Å². The summed E-state index contributed by atoms with van der Waals surface area (Å²) in [7, 11) is 1.57. The van der Waals surface area contributed by atoms with E-state index in [9.17, 15) is 0 Å². The lowest BCUT2D eigenvalue weighted by molar-refractivity contribution is 0.417. The fourth-order valence-corrected chi connectivity index (χ4v) is 0.824. The standard InChI is InChI=1S/C7H11N3O/c1-11-7-3-2-5(10-9)4-6(7)8/h2-4,10H,8-9H2,1H3. The second-order valence-corrected chi connectivity index (χ2v) is 2.10. The molecule has 0 aliphatic heterocycles. The van der Waals surface area contributed by atoms with E-state index in [-0.39, 0.29) is 0 Å². The lowest BCUT2D eigenvalue weighted by Crippen LogP contribution is -2.07. The minimum absolute atomic E-state index is 0.572. The lowest BCUT2D eigenvalue weighted by atomic mass is 10.2. The van der Waals surface area contributed by atoms with Crippen LogP contribution in [0.25, 0.3) is 0 Å². The number of ether oxygens (including phenoxy) is 1. The molecule has 0 aromatic heterocycles. The summed E-state index contributed by atoms with van der Waals surface area (Å²) in [5.74, 6) is 5.82. The monoisotopic (exact) mass is 153 g/mol. The van der Waals surface area contributed by atoms with E-state index >= 15 is 0 Å². The molecule has 1 aromatic carbocycles. The molecule has 0 radical (unpaired) electrons. The van der Waals surface area contributed by atoms with E-state index in [1.54, 1.807) is 25.3 Å². The van der Waals surface area contributed by atoms with Crippen LogP contribution < -0.4 is 21.7 Å². The molecule has 5 N–H and O–H groups in total. The van der Waals surface area contributed by atoms with Gasteiger partial charge in [-0.3, -0.25) is 5.84 Å². The third kappa shape index (κ3) is 1.53. The topological polar surface area (TPSA) is 73.3 Å². The summed E-state index contributed by atoms with van der Waals surface area (Å²) in [6, 6.07) is 5.25. The van der Waals surface area contributed by atoms with Crippen LogP contribution in [0.2, 0.25) is 0 Å². The second kappa shape index (κ2) is 3.12. The summed E-state index contributed by atoms with van der Waals surface area (Å²) < 4.78 is 4.95. The first-order chi connectivity index (χ1) is 5.27. The van der Waals surface area contributed by atoms with E-state index < -0.39 is 0 Å². The van der Waals surface area contributed by atoms with E-state index in [4.69, 9.17) is 16.3 Å². The third-order valence-corrected chi connectivity index (χ3v) is 1.40. The first kappa shape index (κ1) is 7.68. The van der Waals surface area contributed by atoms with Crippen molar-refractivity contribution < 1.29 is 4.74 Å². The van der Waals surface area contributed by atoms with Crippen molar-refractivity contribution in [3.8, 4) is 5.75 Å². The number of hydrazine groups is 1. The summed E-state index contributed by atoms with van der Waals surface area (Å²) in [4.78, 5) is 0. The molecule has 4 nitrogen and oxygen atoms in total. The smallest absolute Gasteiger partial charge is 0.141 e. The highest BCUT2D eigenvalue weighted by Gasteiger charge is 1.97. The predicted molar refractivity (Wildman–Crippen MR) is 45.2 cm³/mol. The van der Waals surface area contributed by atoms with Crippen LogP contribution in [0.5, 0.6) is 5.75 Å². The van der Waals surface area contributed by atoms with E-state index in [2.05, 4.69) is 5.43 Å². The molecule has 0 spiro atoms. The Balaban J connectivity index is 2.99. The third-order valence-electron chi connectivity index (χ3n) is 1.40. The maximum Gasteiger partial charge on any atom is 0.141 e. The number of benzene rings is 1. The van der Waals surface area contributed by atoms with Crippen molar-refractivity contribution in [2.75, 3.05) is 18.3 Å². The molecule has 0 atom stereocenters. The van der Waals surface area contributed by atoms with Gasteiger partial charge in [-0.15, -0.1) is 0 Å². The first-order valence-electron chi connectivity index (χ1n) is 3.18. The van der Waals surface area contributed by atoms with Crippen LogP contribution in [0.1, 0.15) is 0 Å². The molecule has 0 bridgehead atoms. The summed E-state index contributed by atoms with van der Waals surface area (Å²) in [5.41, 5.74) is 9.41. The number of nitrogens with two attached hydrogens (primary N) is 2. The molecule has 60 valence electrons. The zero-order valence-corrected chi connectivity index (χ0v) is 6.29. The van der Waals surface area contributed by atoms with Crippen LogP contribution in [0.15, 0.2) is 18.2 Å². The Labute approximate surface area is 65.1 Å². The van der Waals surface area contributed by atoms with Gasteiger partial charge in [0.05, 0.1) is 18.5 Å². The summed E-state index contributed by atoms with van der Waals surface area (Å²) in [6.45, 7) is 0.